The predicted octanol–water partition coefficient (Wildman–Crippen LogP) is 1.79. The van der Waals surface area contributed by atoms with Gasteiger partial charge in [0.1, 0.15) is 5.92 Å². The molecule has 2 aliphatic rings. The van der Waals surface area contributed by atoms with Gasteiger partial charge < -0.3 is 14.9 Å². The van der Waals surface area contributed by atoms with E-state index in [2.05, 4.69) is 4.90 Å². The smallest absolute Gasteiger partial charge is 0.313 e. The van der Waals surface area contributed by atoms with E-state index in [4.69, 9.17) is 0 Å². The Morgan fingerprint density at radius 2 is 1.95 bits per heavy atom. The van der Waals surface area contributed by atoms with E-state index in [1.807, 2.05) is 20.0 Å². The summed E-state index contributed by atoms with van der Waals surface area (Å²) in [6.07, 6.45) is 1.41. The van der Waals surface area contributed by atoms with Gasteiger partial charge in [-0.3, -0.25) is 9.59 Å². The van der Waals surface area contributed by atoms with Gasteiger partial charge >= 0.3 is 5.97 Å². The predicted molar refractivity (Wildman–Crippen MR) is 83.0 cm³/mol. The van der Waals surface area contributed by atoms with Crippen LogP contribution in [0.25, 0.3) is 0 Å². The summed E-state index contributed by atoms with van der Waals surface area (Å²) in [4.78, 5) is 29.0. The lowest BCUT2D eigenvalue weighted by molar-refractivity contribution is -0.144. The van der Waals surface area contributed by atoms with Crippen LogP contribution in [0.3, 0.4) is 0 Å². The van der Waals surface area contributed by atoms with E-state index in [0.29, 0.717) is 30.5 Å². The Bertz CT molecular complexity index is 606. The minimum atomic E-state index is -0.831. The third-order valence-electron chi connectivity index (χ3n) is 5.24. The molecule has 5 heteroatoms. The van der Waals surface area contributed by atoms with Crippen LogP contribution in [0.1, 0.15) is 41.6 Å². The molecular weight excluding hydrogens is 280 g/mol. The molecule has 22 heavy (non-hydrogen) atoms. The fourth-order valence-electron chi connectivity index (χ4n) is 4.12. The molecule has 0 radical (unpaired) electrons. The van der Waals surface area contributed by atoms with Gasteiger partial charge in [0.25, 0.3) is 5.91 Å². The van der Waals surface area contributed by atoms with Crippen LogP contribution in [0, 0.1) is 0 Å². The maximum atomic E-state index is 12.9. The minimum absolute atomic E-state index is 0.0276. The number of carboxylic acids is 1. The molecule has 2 heterocycles. The van der Waals surface area contributed by atoms with Crippen LogP contribution in [0.5, 0.6) is 0 Å². The van der Waals surface area contributed by atoms with Gasteiger partial charge in [-0.25, -0.2) is 0 Å². The number of hydrogen-bond acceptors (Lipinski definition) is 3. The van der Waals surface area contributed by atoms with Crippen molar-refractivity contribution < 1.29 is 14.7 Å². The molecule has 118 valence electrons. The zero-order chi connectivity index (χ0) is 15.9. The lowest BCUT2D eigenvalue weighted by atomic mass is 9.68. The summed E-state index contributed by atoms with van der Waals surface area (Å²) in [5.41, 5.74) is 0.619. The lowest BCUT2D eigenvalue weighted by Gasteiger charge is -2.53. The molecule has 1 aromatic rings. The van der Waals surface area contributed by atoms with E-state index in [0.717, 1.165) is 13.1 Å². The molecule has 0 saturated carbocycles. The maximum absolute atomic E-state index is 12.9. The molecule has 1 saturated heterocycles. The van der Waals surface area contributed by atoms with Crippen molar-refractivity contribution in [1.82, 2.24) is 9.80 Å². The fourth-order valence-corrected chi connectivity index (χ4v) is 4.12. The second-order valence-electron chi connectivity index (χ2n) is 6.31. The number of piperidine rings is 1. The topological polar surface area (TPSA) is 60.9 Å². The summed E-state index contributed by atoms with van der Waals surface area (Å²) >= 11 is 0. The van der Waals surface area contributed by atoms with E-state index in [-0.39, 0.29) is 5.91 Å². The monoisotopic (exact) mass is 302 g/mol. The molecule has 1 aromatic carbocycles. The number of rotatable bonds is 2. The van der Waals surface area contributed by atoms with Crippen molar-refractivity contribution >= 4 is 11.9 Å². The largest absolute Gasteiger partial charge is 0.481 e. The van der Waals surface area contributed by atoms with Crippen LogP contribution in [0.2, 0.25) is 0 Å². The third-order valence-corrected chi connectivity index (χ3v) is 5.24. The molecule has 5 nitrogen and oxygen atoms in total. The van der Waals surface area contributed by atoms with E-state index < -0.39 is 17.4 Å². The molecule has 1 spiro atoms. The number of carboxylic acid groups (broad SMARTS) is 1. The molecular formula is C17H22N2O3. The van der Waals surface area contributed by atoms with Crippen LogP contribution in [0.4, 0.5) is 0 Å². The summed E-state index contributed by atoms with van der Waals surface area (Å²) in [5.74, 6) is -1.50. The standard InChI is InChI=1S/C17H22N2O3/c1-3-19-15(20)13-7-5-4-6-12(13)14(16(21)22)17(19)8-10-18(2)11-9-17/h4-7,14H,3,8-11H2,1-2H3,(H,21,22). The summed E-state index contributed by atoms with van der Waals surface area (Å²) in [6.45, 7) is 4.11. The van der Waals surface area contributed by atoms with E-state index in [1.165, 1.54) is 0 Å². The van der Waals surface area contributed by atoms with Gasteiger partial charge in [-0.15, -0.1) is 0 Å². The first-order valence-corrected chi connectivity index (χ1v) is 7.83. The highest BCUT2D eigenvalue weighted by molar-refractivity contribution is 6.01. The Hall–Kier alpha value is -1.88. The highest BCUT2D eigenvalue weighted by Crippen LogP contribution is 2.46. The van der Waals surface area contributed by atoms with Crippen molar-refractivity contribution in [3.8, 4) is 0 Å². The average Bonchev–Trinajstić information content (AvgIpc) is 2.50. The molecule has 2 aliphatic heterocycles. The number of carbonyl (C=O) groups is 2. The highest BCUT2D eigenvalue weighted by atomic mass is 16.4. The van der Waals surface area contributed by atoms with E-state index in [9.17, 15) is 14.7 Å². The van der Waals surface area contributed by atoms with Gasteiger partial charge in [0.15, 0.2) is 0 Å². The van der Waals surface area contributed by atoms with Crippen LogP contribution < -0.4 is 0 Å². The normalized spacial score (nSPS) is 24.4. The first-order valence-electron chi connectivity index (χ1n) is 7.83. The number of hydrogen-bond donors (Lipinski definition) is 1. The number of aliphatic carboxylic acids is 1. The van der Waals surface area contributed by atoms with Crippen molar-refractivity contribution in [3.05, 3.63) is 35.4 Å². The molecule has 0 bridgehead atoms. The number of nitrogens with zero attached hydrogens (tertiary/aromatic N) is 2. The Kier molecular flexibility index (Phi) is 3.68. The summed E-state index contributed by atoms with van der Waals surface area (Å²) in [6, 6.07) is 7.18. The van der Waals surface area contributed by atoms with Gasteiger partial charge in [0.2, 0.25) is 0 Å². The number of fused-ring (bicyclic) bond motifs is 1. The summed E-state index contributed by atoms with van der Waals surface area (Å²) in [5, 5.41) is 9.92. The number of amides is 1. The first kappa shape index (κ1) is 15.0. The van der Waals surface area contributed by atoms with E-state index in [1.54, 1.807) is 23.1 Å². The zero-order valence-electron chi connectivity index (χ0n) is 13.1. The molecule has 0 aliphatic carbocycles. The Balaban J connectivity index is 2.18. The number of likely N-dealkylation sites (N-methyl/N-ethyl adjacent to an activating group) is 1. The molecule has 0 aromatic heterocycles. The SMILES string of the molecule is CCN1C(=O)c2ccccc2C(C(=O)O)C12CCN(C)CC2. The van der Waals surface area contributed by atoms with Gasteiger partial charge in [-0.2, -0.15) is 0 Å². The maximum Gasteiger partial charge on any atom is 0.313 e. The Labute approximate surface area is 130 Å². The van der Waals surface area contributed by atoms with Crippen molar-refractivity contribution in [3.63, 3.8) is 0 Å². The first-order chi connectivity index (χ1) is 10.5. The molecule has 1 unspecified atom stereocenters. The van der Waals surface area contributed by atoms with Gasteiger partial charge in [0, 0.05) is 25.2 Å². The van der Waals surface area contributed by atoms with Crippen LogP contribution in [0.15, 0.2) is 24.3 Å². The molecule has 1 N–H and O–H groups in total. The van der Waals surface area contributed by atoms with Gasteiger partial charge in [0.05, 0.1) is 5.54 Å². The quantitative estimate of drug-likeness (QED) is 0.905. The molecule has 1 atom stereocenters. The number of carbonyl (C=O) groups excluding carboxylic acids is 1. The molecule has 1 fully saturated rings. The van der Waals surface area contributed by atoms with E-state index >= 15 is 0 Å². The lowest BCUT2D eigenvalue weighted by Crippen LogP contribution is -2.64. The number of benzene rings is 1. The fraction of sp³-hybridized carbons (Fsp3) is 0.529. The van der Waals surface area contributed by atoms with Gasteiger partial charge in [-0.05, 0) is 38.4 Å². The summed E-state index contributed by atoms with van der Waals surface area (Å²) in [7, 11) is 2.04. The minimum Gasteiger partial charge on any atom is -0.481 e. The molecule has 1 amide bonds. The van der Waals surface area contributed by atoms with Crippen molar-refractivity contribution in [1.29, 1.82) is 0 Å². The second-order valence-corrected chi connectivity index (χ2v) is 6.31. The van der Waals surface area contributed by atoms with Crippen molar-refractivity contribution in [2.24, 2.45) is 0 Å². The van der Waals surface area contributed by atoms with Crippen molar-refractivity contribution in [2.45, 2.75) is 31.2 Å². The van der Waals surface area contributed by atoms with Gasteiger partial charge in [-0.1, -0.05) is 18.2 Å². The molecule has 3 rings (SSSR count). The number of likely N-dealkylation sites (tertiary alicyclic amines) is 1. The second kappa shape index (κ2) is 5.39. The average molecular weight is 302 g/mol. The van der Waals surface area contributed by atoms with Crippen LogP contribution in [-0.4, -0.2) is 59.0 Å². The Morgan fingerprint density at radius 3 is 2.55 bits per heavy atom. The van der Waals surface area contributed by atoms with Crippen molar-refractivity contribution in [2.75, 3.05) is 26.7 Å². The van der Waals surface area contributed by atoms with Crippen LogP contribution >= 0.6 is 0 Å². The van der Waals surface area contributed by atoms with Crippen LogP contribution in [-0.2, 0) is 4.79 Å². The summed E-state index contributed by atoms with van der Waals surface area (Å²) < 4.78 is 0. The third kappa shape index (κ3) is 2.03. The highest BCUT2D eigenvalue weighted by Gasteiger charge is 2.54. The Morgan fingerprint density at radius 1 is 1.32 bits per heavy atom. The zero-order valence-corrected chi connectivity index (χ0v) is 13.1.